The van der Waals surface area contributed by atoms with E-state index in [0.29, 0.717) is 0 Å². The van der Waals surface area contributed by atoms with Crippen LogP contribution in [0.15, 0.2) is 37.2 Å². The molecule has 0 atom stereocenters. The van der Waals surface area contributed by atoms with Crippen molar-refractivity contribution in [3.05, 3.63) is 42.7 Å². The zero-order chi connectivity index (χ0) is 14.9. The summed E-state index contributed by atoms with van der Waals surface area (Å²) in [5.74, 6) is 0.905. The molecule has 112 valence electrons. The highest BCUT2D eigenvalue weighted by Gasteiger charge is 2.21. The van der Waals surface area contributed by atoms with Crippen LogP contribution in [0.5, 0.6) is 0 Å². The molecule has 3 aromatic heterocycles. The molecule has 22 heavy (non-hydrogen) atoms. The average molecular weight is 295 g/mol. The van der Waals surface area contributed by atoms with E-state index >= 15 is 0 Å². The van der Waals surface area contributed by atoms with Crippen molar-refractivity contribution in [3.8, 4) is 0 Å². The van der Waals surface area contributed by atoms with Gasteiger partial charge in [0.2, 0.25) is 5.65 Å². The number of fused-ring (bicyclic) bond motifs is 1. The van der Waals surface area contributed by atoms with E-state index in [4.69, 9.17) is 0 Å². The number of rotatable bonds is 2. The van der Waals surface area contributed by atoms with E-state index in [1.807, 2.05) is 23.0 Å². The molecule has 4 rings (SSSR count). The summed E-state index contributed by atoms with van der Waals surface area (Å²) in [6.45, 7) is 5.84. The Labute approximate surface area is 128 Å². The fourth-order valence-electron chi connectivity index (χ4n) is 2.91. The second kappa shape index (κ2) is 5.25. The Kier molecular flexibility index (Phi) is 3.10. The van der Waals surface area contributed by atoms with Crippen LogP contribution in [0.4, 0.5) is 11.5 Å². The molecule has 3 aromatic rings. The van der Waals surface area contributed by atoms with Crippen molar-refractivity contribution in [1.29, 1.82) is 0 Å². The lowest BCUT2D eigenvalue weighted by Crippen LogP contribution is -2.47. The van der Waals surface area contributed by atoms with Crippen molar-refractivity contribution < 1.29 is 0 Å². The predicted octanol–water partition coefficient (Wildman–Crippen LogP) is 1.15. The van der Waals surface area contributed by atoms with E-state index in [9.17, 15) is 0 Å². The lowest BCUT2D eigenvalue weighted by Gasteiger charge is -2.37. The first kappa shape index (κ1) is 13.0. The zero-order valence-corrected chi connectivity index (χ0v) is 12.4. The molecule has 0 radical (unpaired) electrons. The molecule has 0 spiro atoms. The summed E-state index contributed by atoms with van der Waals surface area (Å²) in [4.78, 5) is 13.4. The summed E-state index contributed by atoms with van der Waals surface area (Å²) in [7, 11) is 0. The highest BCUT2D eigenvalue weighted by molar-refractivity contribution is 5.64. The molecule has 7 nitrogen and oxygen atoms in total. The summed E-state index contributed by atoms with van der Waals surface area (Å²) in [5, 5.41) is 8.13. The SMILES string of the molecule is Cc1ccncc1N1CCN(c2nccn3cnnc23)CC1. The van der Waals surface area contributed by atoms with Crippen molar-refractivity contribution in [2.24, 2.45) is 0 Å². The molecule has 1 aliphatic rings. The van der Waals surface area contributed by atoms with Crippen molar-refractivity contribution >= 4 is 17.2 Å². The fourth-order valence-corrected chi connectivity index (χ4v) is 2.91. The van der Waals surface area contributed by atoms with Crippen LogP contribution in [0.1, 0.15) is 5.56 Å². The van der Waals surface area contributed by atoms with Crippen molar-refractivity contribution in [2.45, 2.75) is 6.92 Å². The molecule has 0 bridgehead atoms. The number of nitrogens with zero attached hydrogens (tertiary/aromatic N) is 7. The van der Waals surface area contributed by atoms with Gasteiger partial charge in [-0.2, -0.15) is 0 Å². The topological polar surface area (TPSA) is 62.5 Å². The standard InChI is InChI=1S/C15H17N7/c1-12-2-3-16-10-13(12)20-6-8-21(9-7-20)14-15-19-18-11-22(15)5-4-17-14/h2-5,10-11H,6-9H2,1H3. The summed E-state index contributed by atoms with van der Waals surface area (Å²) in [6.07, 6.45) is 9.15. The molecule has 7 heteroatoms. The number of hydrogen-bond acceptors (Lipinski definition) is 6. The third kappa shape index (κ3) is 2.14. The van der Waals surface area contributed by atoms with Gasteiger partial charge in [-0.3, -0.25) is 9.38 Å². The highest BCUT2D eigenvalue weighted by atomic mass is 15.3. The van der Waals surface area contributed by atoms with Crippen LogP contribution < -0.4 is 9.80 Å². The normalized spacial score (nSPS) is 15.5. The minimum Gasteiger partial charge on any atom is -0.367 e. The van der Waals surface area contributed by atoms with E-state index < -0.39 is 0 Å². The van der Waals surface area contributed by atoms with Gasteiger partial charge in [0.25, 0.3) is 0 Å². The molecular formula is C15H17N7. The minimum atomic E-state index is 0.813. The Morgan fingerprint density at radius 3 is 2.68 bits per heavy atom. The summed E-state index contributed by atoms with van der Waals surface area (Å²) in [5.41, 5.74) is 3.30. The lowest BCUT2D eigenvalue weighted by atomic mass is 10.2. The highest BCUT2D eigenvalue weighted by Crippen LogP contribution is 2.23. The number of pyridine rings is 1. The van der Waals surface area contributed by atoms with Crippen molar-refractivity contribution in [1.82, 2.24) is 24.6 Å². The molecule has 1 aliphatic heterocycles. The Morgan fingerprint density at radius 2 is 1.86 bits per heavy atom. The number of aryl methyl sites for hydroxylation is 1. The minimum absolute atomic E-state index is 0.813. The Hall–Kier alpha value is -2.70. The van der Waals surface area contributed by atoms with Gasteiger partial charge in [-0.1, -0.05) is 0 Å². The van der Waals surface area contributed by atoms with Crippen LogP contribution in [0.2, 0.25) is 0 Å². The third-order valence-electron chi connectivity index (χ3n) is 4.13. The Balaban J connectivity index is 1.55. The molecule has 0 N–H and O–H groups in total. The van der Waals surface area contributed by atoms with E-state index in [1.54, 1.807) is 12.5 Å². The van der Waals surface area contributed by atoms with Gasteiger partial charge in [-0.25, -0.2) is 4.98 Å². The molecule has 1 saturated heterocycles. The number of anilines is 2. The fraction of sp³-hybridized carbons (Fsp3) is 0.333. The molecule has 0 aliphatic carbocycles. The number of piperazine rings is 1. The monoisotopic (exact) mass is 295 g/mol. The van der Waals surface area contributed by atoms with Gasteiger partial charge < -0.3 is 9.80 Å². The van der Waals surface area contributed by atoms with Crippen LogP contribution in [-0.4, -0.2) is 50.7 Å². The average Bonchev–Trinajstić information content (AvgIpc) is 3.04. The van der Waals surface area contributed by atoms with E-state index in [-0.39, 0.29) is 0 Å². The van der Waals surface area contributed by atoms with Gasteiger partial charge in [0, 0.05) is 44.8 Å². The molecule has 0 unspecified atom stereocenters. The number of hydrogen-bond donors (Lipinski definition) is 0. The first-order valence-electron chi connectivity index (χ1n) is 7.38. The van der Waals surface area contributed by atoms with Gasteiger partial charge in [-0.05, 0) is 18.6 Å². The smallest absolute Gasteiger partial charge is 0.203 e. The van der Waals surface area contributed by atoms with Crippen LogP contribution in [0.3, 0.4) is 0 Å². The van der Waals surface area contributed by atoms with Crippen LogP contribution in [0, 0.1) is 6.92 Å². The summed E-state index contributed by atoms with van der Waals surface area (Å²) >= 11 is 0. The molecule has 4 heterocycles. The predicted molar refractivity (Wildman–Crippen MR) is 84.2 cm³/mol. The summed E-state index contributed by atoms with van der Waals surface area (Å²) in [6, 6.07) is 2.06. The van der Waals surface area contributed by atoms with Crippen LogP contribution in [0.25, 0.3) is 5.65 Å². The van der Waals surface area contributed by atoms with Gasteiger partial charge in [0.15, 0.2) is 5.82 Å². The Morgan fingerprint density at radius 1 is 1.05 bits per heavy atom. The second-order valence-electron chi connectivity index (χ2n) is 5.45. The second-order valence-corrected chi connectivity index (χ2v) is 5.45. The largest absolute Gasteiger partial charge is 0.367 e. The maximum atomic E-state index is 4.49. The molecular weight excluding hydrogens is 278 g/mol. The van der Waals surface area contributed by atoms with E-state index in [2.05, 4.69) is 43.0 Å². The lowest BCUT2D eigenvalue weighted by molar-refractivity contribution is 0.645. The maximum absolute atomic E-state index is 4.49. The first-order chi connectivity index (χ1) is 10.8. The van der Waals surface area contributed by atoms with Gasteiger partial charge >= 0.3 is 0 Å². The van der Waals surface area contributed by atoms with Crippen LogP contribution >= 0.6 is 0 Å². The van der Waals surface area contributed by atoms with Crippen molar-refractivity contribution in [2.75, 3.05) is 36.0 Å². The van der Waals surface area contributed by atoms with Gasteiger partial charge in [0.1, 0.15) is 6.33 Å². The maximum Gasteiger partial charge on any atom is 0.203 e. The van der Waals surface area contributed by atoms with Gasteiger partial charge in [-0.15, -0.1) is 10.2 Å². The third-order valence-corrected chi connectivity index (χ3v) is 4.13. The van der Waals surface area contributed by atoms with Crippen molar-refractivity contribution in [3.63, 3.8) is 0 Å². The summed E-state index contributed by atoms with van der Waals surface area (Å²) < 4.78 is 1.90. The molecule has 1 fully saturated rings. The van der Waals surface area contributed by atoms with E-state index in [0.717, 1.165) is 37.6 Å². The first-order valence-corrected chi connectivity index (χ1v) is 7.38. The Bertz CT molecular complexity index is 789. The quantitative estimate of drug-likeness (QED) is 0.707. The van der Waals surface area contributed by atoms with E-state index in [1.165, 1.54) is 11.3 Å². The number of aromatic nitrogens is 5. The van der Waals surface area contributed by atoms with Gasteiger partial charge in [0.05, 0.1) is 11.9 Å². The zero-order valence-electron chi connectivity index (χ0n) is 12.4. The molecule has 0 amide bonds. The van der Waals surface area contributed by atoms with Crippen LogP contribution in [-0.2, 0) is 0 Å². The molecule has 0 aromatic carbocycles. The molecule has 0 saturated carbocycles.